The number of amides is 3. The third kappa shape index (κ3) is 8.86. The predicted molar refractivity (Wildman–Crippen MR) is 155 cm³/mol. The van der Waals surface area contributed by atoms with Gasteiger partial charge in [-0.2, -0.15) is 0 Å². The molecule has 0 unspecified atom stereocenters. The number of urea groups is 1. The lowest BCUT2D eigenvalue weighted by atomic mass is 9.72. The van der Waals surface area contributed by atoms with Gasteiger partial charge in [-0.25, -0.2) is 4.79 Å². The smallest absolute Gasteiger partial charge is 0.324 e. The summed E-state index contributed by atoms with van der Waals surface area (Å²) in [6.07, 6.45) is 26.6. The van der Waals surface area contributed by atoms with Crippen LogP contribution in [0, 0.1) is 5.41 Å². The van der Waals surface area contributed by atoms with Crippen LogP contribution in [0.1, 0.15) is 118 Å². The van der Waals surface area contributed by atoms with Gasteiger partial charge >= 0.3 is 6.03 Å². The molecule has 4 heteroatoms. The minimum atomic E-state index is -0.201. The lowest BCUT2D eigenvalue weighted by Crippen LogP contribution is -2.52. The van der Waals surface area contributed by atoms with Crippen LogP contribution in [0.15, 0.2) is 58.7 Å². The minimum Gasteiger partial charge on any atom is -0.335 e. The molecule has 204 valence electrons. The molecular weight excluding hydrogens is 456 g/mol. The van der Waals surface area contributed by atoms with E-state index in [2.05, 4.69) is 51.2 Å². The van der Waals surface area contributed by atoms with Gasteiger partial charge in [-0.3, -0.25) is 9.69 Å². The fourth-order valence-corrected chi connectivity index (χ4v) is 6.22. The number of nitrogens with zero attached hydrogens (tertiary/aromatic N) is 1. The number of nitrogens with one attached hydrogen (secondary N) is 1. The maximum Gasteiger partial charge on any atom is 0.324 e. The zero-order valence-electron chi connectivity index (χ0n) is 24.1. The van der Waals surface area contributed by atoms with Crippen LogP contribution in [0.4, 0.5) is 4.79 Å². The van der Waals surface area contributed by atoms with Gasteiger partial charge in [0.15, 0.2) is 0 Å². The Balaban J connectivity index is 1.65. The predicted octanol–water partition coefficient (Wildman–Crippen LogP) is 8.72. The van der Waals surface area contributed by atoms with Crippen LogP contribution >= 0.6 is 0 Å². The van der Waals surface area contributed by atoms with Crippen LogP contribution in [0.3, 0.4) is 0 Å². The molecule has 0 aromatic carbocycles. The molecule has 3 aliphatic rings. The van der Waals surface area contributed by atoms with Gasteiger partial charge in [0, 0.05) is 18.2 Å². The molecule has 0 atom stereocenters. The Morgan fingerprint density at radius 1 is 0.892 bits per heavy atom. The van der Waals surface area contributed by atoms with E-state index < -0.39 is 0 Å². The first kappa shape index (κ1) is 29.2. The van der Waals surface area contributed by atoms with E-state index in [1.54, 1.807) is 6.08 Å². The van der Waals surface area contributed by atoms with Crippen LogP contribution in [0.5, 0.6) is 0 Å². The first-order valence-electron chi connectivity index (χ1n) is 14.7. The molecule has 0 aromatic rings. The second-order valence-corrected chi connectivity index (χ2v) is 12.2. The van der Waals surface area contributed by atoms with E-state index in [9.17, 15) is 9.59 Å². The molecule has 0 aliphatic heterocycles. The molecule has 3 amide bonds. The molecular formula is C33H50N2O2. The molecule has 0 radical (unpaired) electrons. The molecule has 0 saturated heterocycles. The van der Waals surface area contributed by atoms with Crippen LogP contribution in [0.25, 0.3) is 0 Å². The first-order chi connectivity index (χ1) is 17.7. The number of rotatable bonds is 7. The van der Waals surface area contributed by atoms with Gasteiger partial charge in [0.25, 0.3) is 5.91 Å². The summed E-state index contributed by atoms with van der Waals surface area (Å²) in [6.45, 7) is 11.0. The summed E-state index contributed by atoms with van der Waals surface area (Å²) in [4.78, 5) is 28.1. The van der Waals surface area contributed by atoms with Crippen LogP contribution in [-0.2, 0) is 4.79 Å². The Kier molecular flexibility index (Phi) is 11.0. The van der Waals surface area contributed by atoms with Crippen LogP contribution in [0.2, 0.25) is 0 Å². The van der Waals surface area contributed by atoms with Crippen LogP contribution in [-0.4, -0.2) is 28.9 Å². The molecule has 0 aromatic heterocycles. The molecule has 3 rings (SSSR count). The SMILES string of the molecule is CC(C=CC1=C(C)CCCC1(C)C)=CC=CC(C)=CC(=O)N(C(=O)NC1CCCCC1)C1CCCCC1. The average Bonchev–Trinajstić information content (AvgIpc) is 2.84. The minimum absolute atomic E-state index is 0.00643. The van der Waals surface area contributed by atoms with Crippen molar-refractivity contribution in [2.24, 2.45) is 5.41 Å². The molecule has 37 heavy (non-hydrogen) atoms. The van der Waals surface area contributed by atoms with Gasteiger partial charge in [-0.15, -0.1) is 0 Å². The van der Waals surface area contributed by atoms with Crippen molar-refractivity contribution in [3.8, 4) is 0 Å². The topological polar surface area (TPSA) is 49.4 Å². The number of carbonyl (C=O) groups is 2. The fraction of sp³-hybridized carbons (Fsp3) is 0.636. The van der Waals surface area contributed by atoms with E-state index in [0.29, 0.717) is 0 Å². The Morgan fingerprint density at radius 2 is 1.54 bits per heavy atom. The van der Waals surface area contributed by atoms with E-state index in [0.717, 1.165) is 56.9 Å². The van der Waals surface area contributed by atoms with Gasteiger partial charge in [-0.1, -0.05) is 93.9 Å². The van der Waals surface area contributed by atoms with E-state index in [1.807, 2.05) is 19.1 Å². The van der Waals surface area contributed by atoms with Crippen molar-refractivity contribution in [1.82, 2.24) is 10.2 Å². The van der Waals surface area contributed by atoms with E-state index in [4.69, 9.17) is 0 Å². The Labute approximate surface area is 226 Å². The molecule has 2 saturated carbocycles. The van der Waals surface area contributed by atoms with E-state index in [1.165, 1.54) is 53.7 Å². The van der Waals surface area contributed by atoms with E-state index >= 15 is 0 Å². The second kappa shape index (κ2) is 14.0. The van der Waals surface area contributed by atoms with Crippen LogP contribution < -0.4 is 5.32 Å². The van der Waals surface area contributed by atoms with Crippen molar-refractivity contribution < 1.29 is 9.59 Å². The zero-order valence-corrected chi connectivity index (χ0v) is 24.1. The number of hydrogen-bond donors (Lipinski definition) is 1. The average molecular weight is 507 g/mol. The van der Waals surface area contributed by atoms with Crippen molar-refractivity contribution in [1.29, 1.82) is 0 Å². The first-order valence-corrected chi connectivity index (χ1v) is 14.7. The van der Waals surface area contributed by atoms with E-state index in [-0.39, 0.29) is 29.4 Å². The van der Waals surface area contributed by atoms with Gasteiger partial charge in [-0.05, 0) is 82.3 Å². The molecule has 4 nitrogen and oxygen atoms in total. The van der Waals surface area contributed by atoms with Crippen molar-refractivity contribution in [3.63, 3.8) is 0 Å². The zero-order chi connectivity index (χ0) is 26.8. The Hall–Kier alpha value is -2.36. The molecule has 0 bridgehead atoms. The van der Waals surface area contributed by atoms with Crippen molar-refractivity contribution in [2.75, 3.05) is 0 Å². The molecule has 1 N–H and O–H groups in total. The number of allylic oxidation sites excluding steroid dienone is 9. The Morgan fingerprint density at radius 3 is 2.19 bits per heavy atom. The summed E-state index contributed by atoms with van der Waals surface area (Å²) in [7, 11) is 0. The van der Waals surface area contributed by atoms with Crippen molar-refractivity contribution in [2.45, 2.75) is 130 Å². The highest BCUT2D eigenvalue weighted by Gasteiger charge is 2.31. The number of imide groups is 1. The highest BCUT2D eigenvalue weighted by molar-refractivity contribution is 6.01. The lowest BCUT2D eigenvalue weighted by Gasteiger charge is -2.34. The monoisotopic (exact) mass is 506 g/mol. The summed E-state index contributed by atoms with van der Waals surface area (Å²) in [6, 6.07) is 0.00454. The maximum atomic E-state index is 13.3. The number of hydrogen-bond acceptors (Lipinski definition) is 2. The fourth-order valence-electron chi connectivity index (χ4n) is 6.22. The van der Waals surface area contributed by atoms with Crippen molar-refractivity contribution in [3.05, 3.63) is 58.7 Å². The van der Waals surface area contributed by atoms with Crippen molar-refractivity contribution >= 4 is 11.9 Å². The largest absolute Gasteiger partial charge is 0.335 e. The number of carbonyl (C=O) groups excluding carboxylic acids is 2. The summed E-state index contributed by atoms with van der Waals surface area (Å²) >= 11 is 0. The summed E-state index contributed by atoms with van der Waals surface area (Å²) < 4.78 is 0. The summed E-state index contributed by atoms with van der Waals surface area (Å²) in [5.74, 6) is -0.190. The molecule has 3 aliphatic carbocycles. The lowest BCUT2D eigenvalue weighted by molar-refractivity contribution is -0.125. The highest BCUT2D eigenvalue weighted by Crippen LogP contribution is 2.40. The third-order valence-electron chi connectivity index (χ3n) is 8.45. The molecule has 0 heterocycles. The summed E-state index contributed by atoms with van der Waals surface area (Å²) in [5.41, 5.74) is 5.24. The van der Waals surface area contributed by atoms with Gasteiger partial charge < -0.3 is 5.32 Å². The highest BCUT2D eigenvalue weighted by atomic mass is 16.2. The normalized spacial score (nSPS) is 22.6. The molecule has 2 fully saturated rings. The second-order valence-electron chi connectivity index (χ2n) is 12.2. The summed E-state index contributed by atoms with van der Waals surface area (Å²) in [5, 5.41) is 3.18. The van der Waals surface area contributed by atoms with Gasteiger partial charge in [0.1, 0.15) is 0 Å². The standard InChI is InChI=1S/C33H50N2O2/c1-25(21-22-30-27(3)16-13-23-33(30,4)5)14-12-15-26(2)24-31(36)35(29-19-10-7-11-20-29)32(37)34-28-17-8-6-9-18-28/h12,14-15,21-22,24,28-29H,6-11,13,16-20,23H2,1-5H3,(H,34,37). The third-order valence-corrected chi connectivity index (χ3v) is 8.45. The Bertz CT molecular complexity index is 951. The molecule has 0 spiro atoms. The maximum absolute atomic E-state index is 13.3. The van der Waals surface area contributed by atoms with Gasteiger partial charge in [0.2, 0.25) is 0 Å². The van der Waals surface area contributed by atoms with Gasteiger partial charge in [0.05, 0.1) is 0 Å². The quantitative estimate of drug-likeness (QED) is 0.277.